The molecule has 5 nitrogen and oxygen atoms in total. The predicted octanol–water partition coefficient (Wildman–Crippen LogP) is 3.88. The second-order valence-electron chi connectivity index (χ2n) is 5.88. The van der Waals surface area contributed by atoms with Crippen molar-refractivity contribution in [2.75, 3.05) is 26.6 Å². The summed E-state index contributed by atoms with van der Waals surface area (Å²) < 4.78 is 16.3. The average molecular weight is 373 g/mol. The lowest BCUT2D eigenvalue weighted by Crippen LogP contribution is -2.27. The molecule has 1 amide bonds. The highest BCUT2D eigenvalue weighted by Crippen LogP contribution is 2.41. The van der Waals surface area contributed by atoms with Crippen LogP contribution in [0.5, 0.6) is 17.2 Å². The zero-order chi connectivity index (χ0) is 18.5. The van der Waals surface area contributed by atoms with Crippen molar-refractivity contribution in [1.29, 1.82) is 0 Å². The lowest BCUT2D eigenvalue weighted by Gasteiger charge is -2.25. The van der Waals surface area contributed by atoms with E-state index in [9.17, 15) is 4.79 Å². The number of nitrogens with zero attached hydrogens (tertiary/aromatic N) is 1. The predicted molar refractivity (Wildman–Crippen MR) is 103 cm³/mol. The second kappa shape index (κ2) is 8.36. The van der Waals surface area contributed by atoms with Gasteiger partial charge >= 0.3 is 0 Å². The molecule has 1 aliphatic heterocycles. The Kier molecular flexibility index (Phi) is 5.93. The highest BCUT2D eigenvalue weighted by Gasteiger charge is 2.33. The van der Waals surface area contributed by atoms with E-state index >= 15 is 0 Å². The lowest BCUT2D eigenvalue weighted by molar-refractivity contribution is -0.128. The van der Waals surface area contributed by atoms with E-state index in [0.29, 0.717) is 30.4 Å². The maximum absolute atomic E-state index is 12.5. The Bertz CT molecular complexity index is 780. The molecule has 6 heteroatoms. The number of benzene rings is 2. The highest BCUT2D eigenvalue weighted by molar-refractivity contribution is 8.00. The fourth-order valence-electron chi connectivity index (χ4n) is 3.00. The van der Waals surface area contributed by atoms with Crippen LogP contribution in [0.1, 0.15) is 23.4 Å². The first kappa shape index (κ1) is 18.5. The maximum atomic E-state index is 12.5. The summed E-state index contributed by atoms with van der Waals surface area (Å²) in [6, 6.07) is 13.7. The van der Waals surface area contributed by atoms with Gasteiger partial charge in [-0.2, -0.15) is 0 Å². The van der Waals surface area contributed by atoms with Crippen LogP contribution in [-0.2, 0) is 11.3 Å². The molecule has 1 heterocycles. The zero-order valence-corrected chi connectivity index (χ0v) is 16.0. The summed E-state index contributed by atoms with van der Waals surface area (Å²) in [6.07, 6.45) is 0. The van der Waals surface area contributed by atoms with Crippen LogP contribution in [0.25, 0.3) is 0 Å². The van der Waals surface area contributed by atoms with Crippen LogP contribution in [0.3, 0.4) is 0 Å². The van der Waals surface area contributed by atoms with E-state index in [4.69, 9.17) is 14.2 Å². The monoisotopic (exact) mass is 373 g/mol. The van der Waals surface area contributed by atoms with Crippen LogP contribution in [0.4, 0.5) is 0 Å². The molecule has 1 saturated heterocycles. The van der Waals surface area contributed by atoms with Gasteiger partial charge in [-0.05, 0) is 42.3 Å². The number of hydrogen-bond acceptors (Lipinski definition) is 5. The topological polar surface area (TPSA) is 48.0 Å². The molecule has 3 rings (SSSR count). The molecular formula is C20H23NO4S. The van der Waals surface area contributed by atoms with E-state index in [2.05, 4.69) is 0 Å². The van der Waals surface area contributed by atoms with Crippen LogP contribution in [0, 0.1) is 0 Å². The van der Waals surface area contributed by atoms with Crippen LogP contribution >= 0.6 is 11.8 Å². The molecule has 0 aliphatic carbocycles. The zero-order valence-electron chi connectivity index (χ0n) is 15.2. The standard InChI is InChI=1S/C20H23NO4S/c1-4-25-16-7-5-6-15(11-16)20-21(19(22)13-26-20)12-14-8-9-17(23-2)18(10-14)24-3/h5-11,20H,4,12-13H2,1-3H3. The van der Waals surface area contributed by atoms with Crippen molar-refractivity contribution in [2.45, 2.75) is 18.8 Å². The average Bonchev–Trinajstić information content (AvgIpc) is 3.02. The van der Waals surface area contributed by atoms with Crippen molar-refractivity contribution >= 4 is 17.7 Å². The van der Waals surface area contributed by atoms with E-state index in [-0.39, 0.29) is 11.3 Å². The van der Waals surface area contributed by atoms with E-state index in [1.54, 1.807) is 26.0 Å². The summed E-state index contributed by atoms with van der Waals surface area (Å²) in [5.74, 6) is 2.79. The largest absolute Gasteiger partial charge is 0.494 e. The Balaban J connectivity index is 1.83. The van der Waals surface area contributed by atoms with Gasteiger partial charge in [-0.3, -0.25) is 4.79 Å². The summed E-state index contributed by atoms with van der Waals surface area (Å²) in [5, 5.41) is -0.0176. The Morgan fingerprint density at radius 2 is 1.92 bits per heavy atom. The number of hydrogen-bond donors (Lipinski definition) is 0. The van der Waals surface area contributed by atoms with E-state index in [1.807, 2.05) is 54.3 Å². The normalized spacial score (nSPS) is 16.7. The number of ether oxygens (including phenoxy) is 3. The number of thioether (sulfide) groups is 1. The Morgan fingerprint density at radius 1 is 1.12 bits per heavy atom. The van der Waals surface area contributed by atoms with Crippen LogP contribution in [-0.4, -0.2) is 37.4 Å². The van der Waals surface area contributed by atoms with Crippen molar-refractivity contribution in [3.63, 3.8) is 0 Å². The van der Waals surface area contributed by atoms with Gasteiger partial charge in [0.1, 0.15) is 11.1 Å². The van der Waals surface area contributed by atoms with Crippen LogP contribution in [0.2, 0.25) is 0 Å². The van der Waals surface area contributed by atoms with Gasteiger partial charge < -0.3 is 19.1 Å². The number of amides is 1. The lowest BCUT2D eigenvalue weighted by atomic mass is 10.1. The van der Waals surface area contributed by atoms with E-state index in [1.165, 1.54) is 0 Å². The molecular weight excluding hydrogens is 350 g/mol. The van der Waals surface area contributed by atoms with Gasteiger partial charge in [0.15, 0.2) is 11.5 Å². The van der Waals surface area contributed by atoms with Crippen LogP contribution < -0.4 is 14.2 Å². The van der Waals surface area contributed by atoms with Crippen molar-refractivity contribution in [3.05, 3.63) is 53.6 Å². The molecule has 0 spiro atoms. The van der Waals surface area contributed by atoms with Gasteiger partial charge in [0, 0.05) is 6.54 Å². The first-order chi connectivity index (χ1) is 12.7. The van der Waals surface area contributed by atoms with Gasteiger partial charge in [-0.1, -0.05) is 18.2 Å². The number of carbonyl (C=O) groups excluding carboxylic acids is 1. The van der Waals surface area contributed by atoms with Gasteiger partial charge in [-0.15, -0.1) is 11.8 Å². The van der Waals surface area contributed by atoms with Gasteiger partial charge in [-0.25, -0.2) is 0 Å². The molecule has 1 unspecified atom stereocenters. The van der Waals surface area contributed by atoms with Gasteiger partial charge in [0.05, 0.1) is 26.6 Å². The minimum atomic E-state index is -0.0176. The minimum Gasteiger partial charge on any atom is -0.494 e. The Hall–Kier alpha value is -2.34. The third kappa shape index (κ3) is 3.90. The molecule has 1 aliphatic rings. The first-order valence-electron chi connectivity index (χ1n) is 8.51. The molecule has 26 heavy (non-hydrogen) atoms. The molecule has 2 aromatic carbocycles. The molecule has 0 aromatic heterocycles. The van der Waals surface area contributed by atoms with Crippen LogP contribution in [0.15, 0.2) is 42.5 Å². The first-order valence-corrected chi connectivity index (χ1v) is 9.56. The van der Waals surface area contributed by atoms with E-state index < -0.39 is 0 Å². The molecule has 0 N–H and O–H groups in total. The third-order valence-corrected chi connectivity index (χ3v) is 5.48. The third-order valence-electron chi connectivity index (χ3n) is 4.22. The number of rotatable bonds is 7. The molecule has 1 atom stereocenters. The Morgan fingerprint density at radius 3 is 2.65 bits per heavy atom. The summed E-state index contributed by atoms with van der Waals surface area (Å²) in [4.78, 5) is 14.4. The van der Waals surface area contributed by atoms with Crippen molar-refractivity contribution < 1.29 is 19.0 Å². The molecule has 2 aromatic rings. The molecule has 0 radical (unpaired) electrons. The number of carbonyl (C=O) groups is 1. The minimum absolute atomic E-state index is 0.0176. The summed E-state index contributed by atoms with van der Waals surface area (Å²) in [6.45, 7) is 3.11. The smallest absolute Gasteiger partial charge is 0.234 e. The summed E-state index contributed by atoms with van der Waals surface area (Å²) in [7, 11) is 3.22. The molecule has 0 bridgehead atoms. The highest BCUT2D eigenvalue weighted by atomic mass is 32.2. The van der Waals surface area contributed by atoms with Crippen molar-refractivity contribution in [3.8, 4) is 17.2 Å². The Labute approximate surface area is 158 Å². The van der Waals surface area contributed by atoms with Crippen molar-refractivity contribution in [1.82, 2.24) is 4.90 Å². The fraction of sp³-hybridized carbons (Fsp3) is 0.350. The molecule has 0 saturated carbocycles. The van der Waals surface area contributed by atoms with Gasteiger partial charge in [0.2, 0.25) is 5.91 Å². The van der Waals surface area contributed by atoms with Gasteiger partial charge in [0.25, 0.3) is 0 Å². The molecule has 1 fully saturated rings. The fourth-order valence-corrected chi connectivity index (χ4v) is 4.18. The summed E-state index contributed by atoms with van der Waals surface area (Å²) in [5.41, 5.74) is 2.08. The van der Waals surface area contributed by atoms with E-state index in [0.717, 1.165) is 16.9 Å². The SMILES string of the molecule is CCOc1cccc(C2SCC(=O)N2Cc2ccc(OC)c(OC)c2)c1. The summed E-state index contributed by atoms with van der Waals surface area (Å²) >= 11 is 1.64. The van der Waals surface area contributed by atoms with Crippen molar-refractivity contribution in [2.24, 2.45) is 0 Å². The second-order valence-corrected chi connectivity index (χ2v) is 6.95. The number of methoxy groups -OCH3 is 2. The quantitative estimate of drug-likeness (QED) is 0.737. The maximum Gasteiger partial charge on any atom is 0.234 e. The molecule has 138 valence electrons.